The molecule has 5 heteroatoms. The minimum absolute atomic E-state index is 0.285. The van der Waals surface area contributed by atoms with Gasteiger partial charge in [0.2, 0.25) is 0 Å². The first-order valence-electron chi connectivity index (χ1n) is 15.5. The fraction of sp³-hybridized carbons (Fsp3) is 0. The zero-order valence-corrected chi connectivity index (χ0v) is 26.5. The van der Waals surface area contributed by atoms with Crippen molar-refractivity contribution in [3.8, 4) is 11.1 Å². The molecule has 0 saturated heterocycles. The van der Waals surface area contributed by atoms with E-state index in [1.165, 1.54) is 41.9 Å². The molecule has 7 aromatic carbocycles. The highest BCUT2D eigenvalue weighted by Gasteiger charge is 2.26. The summed E-state index contributed by atoms with van der Waals surface area (Å²) in [6.07, 6.45) is 0. The van der Waals surface area contributed by atoms with Crippen LogP contribution in [0.25, 0.3) is 73.4 Å². The van der Waals surface area contributed by atoms with Gasteiger partial charge in [-0.2, -0.15) is 0 Å². The Labute approximate surface area is 277 Å². The maximum absolute atomic E-state index is 15.0. The van der Waals surface area contributed by atoms with Gasteiger partial charge in [0, 0.05) is 46.7 Å². The maximum Gasteiger partial charge on any atom is 0.155 e. The molecular formula is C42H24FNOS2. The Balaban J connectivity index is 1.35. The molecule has 0 N–H and O–H groups in total. The highest BCUT2D eigenvalue weighted by atomic mass is 32.1. The Bertz CT molecular complexity index is 2810. The van der Waals surface area contributed by atoms with E-state index in [1.807, 2.05) is 6.07 Å². The quantitative estimate of drug-likeness (QED) is 0.190. The lowest BCUT2D eigenvalue weighted by Crippen LogP contribution is -2.11. The first-order chi connectivity index (χ1) is 23.2. The molecule has 0 radical (unpaired) electrons. The number of nitrogens with zero attached hydrogens (tertiary/aromatic N) is 1. The van der Waals surface area contributed by atoms with Gasteiger partial charge in [0.05, 0.1) is 21.5 Å². The van der Waals surface area contributed by atoms with Gasteiger partial charge < -0.3 is 9.32 Å². The van der Waals surface area contributed by atoms with E-state index in [-0.39, 0.29) is 5.82 Å². The normalized spacial score (nSPS) is 11.9. The summed E-state index contributed by atoms with van der Waals surface area (Å²) in [4.78, 5) is 2.35. The molecule has 0 spiro atoms. The minimum Gasteiger partial charge on any atom is -0.454 e. The molecule has 0 saturated carbocycles. The second-order valence-electron chi connectivity index (χ2n) is 11.8. The van der Waals surface area contributed by atoms with Crippen LogP contribution in [0.1, 0.15) is 0 Å². The van der Waals surface area contributed by atoms with Crippen molar-refractivity contribution in [3.63, 3.8) is 0 Å². The second-order valence-corrected chi connectivity index (χ2v) is 14.0. The van der Waals surface area contributed by atoms with Crippen LogP contribution in [0, 0.1) is 5.82 Å². The fourth-order valence-corrected chi connectivity index (χ4v) is 9.33. The summed E-state index contributed by atoms with van der Waals surface area (Å²) in [5, 5.41) is 6.39. The van der Waals surface area contributed by atoms with E-state index in [0.717, 1.165) is 49.1 Å². The van der Waals surface area contributed by atoms with Crippen LogP contribution >= 0.6 is 22.7 Å². The van der Waals surface area contributed by atoms with Crippen molar-refractivity contribution in [2.75, 3.05) is 4.90 Å². The van der Waals surface area contributed by atoms with Crippen LogP contribution in [-0.4, -0.2) is 0 Å². The molecule has 10 rings (SSSR count). The average Bonchev–Trinajstić information content (AvgIpc) is 3.81. The lowest BCUT2D eigenvalue weighted by atomic mass is 10.0. The second kappa shape index (κ2) is 10.3. The summed E-state index contributed by atoms with van der Waals surface area (Å²) in [7, 11) is 0. The molecule has 222 valence electrons. The molecule has 0 bridgehead atoms. The van der Waals surface area contributed by atoms with Crippen LogP contribution in [0.15, 0.2) is 150 Å². The predicted molar refractivity (Wildman–Crippen MR) is 200 cm³/mol. The third kappa shape index (κ3) is 4.07. The molecule has 3 aromatic heterocycles. The van der Waals surface area contributed by atoms with Gasteiger partial charge >= 0.3 is 0 Å². The third-order valence-electron chi connectivity index (χ3n) is 9.12. The van der Waals surface area contributed by atoms with Crippen molar-refractivity contribution >= 4 is 102 Å². The van der Waals surface area contributed by atoms with Gasteiger partial charge in [0.15, 0.2) is 5.58 Å². The molecular weight excluding hydrogens is 618 g/mol. The number of halogens is 1. The van der Waals surface area contributed by atoms with Crippen LogP contribution in [0.3, 0.4) is 0 Å². The van der Waals surface area contributed by atoms with Crippen LogP contribution < -0.4 is 4.90 Å². The molecule has 2 nitrogen and oxygen atoms in total. The first-order valence-corrected chi connectivity index (χ1v) is 17.2. The van der Waals surface area contributed by atoms with Gasteiger partial charge in [-0.25, -0.2) is 4.39 Å². The lowest BCUT2D eigenvalue weighted by molar-refractivity contribution is 0.626. The number of fused-ring (bicyclic) bond motifs is 10. The number of hydrogen-bond donors (Lipinski definition) is 0. The van der Waals surface area contributed by atoms with Gasteiger partial charge in [0.25, 0.3) is 0 Å². The van der Waals surface area contributed by atoms with Crippen molar-refractivity contribution in [2.24, 2.45) is 0 Å². The minimum atomic E-state index is -0.285. The Morgan fingerprint density at radius 1 is 0.489 bits per heavy atom. The molecule has 47 heavy (non-hydrogen) atoms. The number of furan rings is 1. The molecule has 0 fully saturated rings. The van der Waals surface area contributed by atoms with E-state index in [1.54, 1.807) is 34.8 Å². The lowest BCUT2D eigenvalue weighted by Gasteiger charge is -2.27. The Hall–Kier alpha value is -5.49. The zero-order chi connectivity index (χ0) is 31.1. The summed E-state index contributed by atoms with van der Waals surface area (Å²) in [6, 6.07) is 50.0. The smallest absolute Gasteiger partial charge is 0.155 e. The molecule has 0 unspecified atom stereocenters. The average molecular weight is 642 g/mol. The number of anilines is 3. The number of rotatable bonds is 4. The highest BCUT2D eigenvalue weighted by molar-refractivity contribution is 7.26. The van der Waals surface area contributed by atoms with Gasteiger partial charge in [-0.3, -0.25) is 0 Å². The molecule has 0 aliphatic carbocycles. The largest absolute Gasteiger partial charge is 0.454 e. The topological polar surface area (TPSA) is 16.4 Å². The van der Waals surface area contributed by atoms with Crippen molar-refractivity contribution in [1.29, 1.82) is 0 Å². The van der Waals surface area contributed by atoms with Crippen molar-refractivity contribution in [2.45, 2.75) is 0 Å². The van der Waals surface area contributed by atoms with Gasteiger partial charge in [-0.05, 0) is 71.8 Å². The standard InChI is InChI=1S/C42H24FNOS2/c43-27-19-22-35-32(23-27)40-34(24-31-29-11-4-6-14-36(29)47-42(31)41(40)45-35)44(28-20-17-26(18-21-28)25-9-2-1-3-10-25)33-13-8-16-38-39(33)30-12-5-7-15-37(30)46-38/h1-24H. The fourth-order valence-electron chi connectivity index (χ4n) is 7.03. The summed E-state index contributed by atoms with van der Waals surface area (Å²) in [6.45, 7) is 0. The van der Waals surface area contributed by atoms with E-state index >= 15 is 0 Å². The van der Waals surface area contributed by atoms with E-state index in [0.29, 0.717) is 5.58 Å². The van der Waals surface area contributed by atoms with Gasteiger partial charge in [-0.1, -0.05) is 84.9 Å². The zero-order valence-electron chi connectivity index (χ0n) is 24.9. The molecule has 10 aromatic rings. The van der Waals surface area contributed by atoms with E-state index in [2.05, 4.69) is 126 Å². The van der Waals surface area contributed by atoms with Crippen molar-refractivity contribution in [1.82, 2.24) is 0 Å². The van der Waals surface area contributed by atoms with Crippen molar-refractivity contribution < 1.29 is 8.81 Å². The van der Waals surface area contributed by atoms with Crippen LogP contribution in [0.2, 0.25) is 0 Å². The van der Waals surface area contributed by atoms with E-state index < -0.39 is 0 Å². The summed E-state index contributed by atoms with van der Waals surface area (Å²) in [5.41, 5.74) is 6.81. The first kappa shape index (κ1) is 26.7. The summed E-state index contributed by atoms with van der Waals surface area (Å²) < 4.78 is 26.4. The monoisotopic (exact) mass is 641 g/mol. The molecule has 3 heterocycles. The third-order valence-corrected chi connectivity index (χ3v) is 11.4. The maximum atomic E-state index is 15.0. The van der Waals surface area contributed by atoms with Crippen LogP contribution in [0.5, 0.6) is 0 Å². The summed E-state index contributed by atoms with van der Waals surface area (Å²) >= 11 is 3.53. The molecule has 0 aliphatic rings. The Morgan fingerprint density at radius 3 is 2.02 bits per heavy atom. The van der Waals surface area contributed by atoms with E-state index in [9.17, 15) is 4.39 Å². The number of thiophene rings is 2. The summed E-state index contributed by atoms with van der Waals surface area (Å²) in [5.74, 6) is -0.285. The predicted octanol–water partition coefficient (Wildman–Crippen LogP) is 13.6. The van der Waals surface area contributed by atoms with Crippen LogP contribution in [0.4, 0.5) is 21.5 Å². The molecule has 0 atom stereocenters. The Kier molecular flexibility index (Phi) is 5.83. The van der Waals surface area contributed by atoms with Crippen LogP contribution in [-0.2, 0) is 0 Å². The number of benzene rings is 7. The van der Waals surface area contributed by atoms with Crippen molar-refractivity contribution in [3.05, 3.63) is 151 Å². The molecule has 0 amide bonds. The van der Waals surface area contributed by atoms with E-state index in [4.69, 9.17) is 4.42 Å². The van der Waals surface area contributed by atoms with Gasteiger partial charge in [0.1, 0.15) is 11.4 Å². The highest BCUT2D eigenvalue weighted by Crippen LogP contribution is 2.51. The SMILES string of the molecule is Fc1ccc2oc3c4sc5ccccc5c4cc(N(c4ccc(-c5ccccc5)cc4)c4cccc5sc6ccccc6c45)c3c2c1. The Morgan fingerprint density at radius 2 is 1.19 bits per heavy atom. The van der Waals surface area contributed by atoms with Gasteiger partial charge in [-0.15, -0.1) is 22.7 Å². The number of hydrogen-bond acceptors (Lipinski definition) is 4. The molecule has 0 aliphatic heterocycles.